The van der Waals surface area contributed by atoms with E-state index in [9.17, 15) is 44.1 Å². The lowest BCUT2D eigenvalue weighted by Crippen LogP contribution is -2.38. The number of carbonyl (C=O) groups is 6. The molecule has 12 nitrogen and oxygen atoms in total. The van der Waals surface area contributed by atoms with Gasteiger partial charge in [-0.3, -0.25) is 28.8 Å². The molecule has 0 spiro atoms. The first-order valence-electron chi connectivity index (χ1n) is 13.3. The Morgan fingerprint density at radius 2 is 0.900 bits per heavy atom. The molecule has 0 aliphatic heterocycles. The lowest BCUT2D eigenvalue weighted by Gasteiger charge is -2.28. The highest BCUT2D eigenvalue weighted by molar-refractivity contribution is 5.83. The van der Waals surface area contributed by atoms with Crippen molar-refractivity contribution in [1.29, 1.82) is 0 Å². The standard InChI is InChI=1S/C28H34O12/c29-23(30)17-7-1-4-10-20(17)26(35)38-14-13-16(40-28(37)22-12-6-3-9-19(22)25(33)34)15-39-27(36)21-11-5-2-8-18(21)24(31)32/h1-6,16-22H,7-15H2,(H,29,30)(H,31,32)(H,33,34). The van der Waals surface area contributed by atoms with Crippen molar-refractivity contribution in [2.45, 2.75) is 51.0 Å². The van der Waals surface area contributed by atoms with E-state index in [0.29, 0.717) is 0 Å². The number of carboxylic acid groups (broad SMARTS) is 3. The molecule has 0 heterocycles. The summed E-state index contributed by atoms with van der Waals surface area (Å²) in [4.78, 5) is 73.0. The van der Waals surface area contributed by atoms with Crippen LogP contribution in [0.1, 0.15) is 44.9 Å². The summed E-state index contributed by atoms with van der Waals surface area (Å²) >= 11 is 0. The molecule has 7 atom stereocenters. The van der Waals surface area contributed by atoms with Gasteiger partial charge in [-0.1, -0.05) is 36.5 Å². The normalized spacial score (nSPS) is 28.2. The van der Waals surface area contributed by atoms with Crippen LogP contribution in [0.15, 0.2) is 36.5 Å². The fraction of sp³-hybridized carbons (Fsp3) is 0.571. The van der Waals surface area contributed by atoms with Gasteiger partial charge in [-0.2, -0.15) is 0 Å². The number of carboxylic acids is 3. The molecule has 0 saturated heterocycles. The molecule has 0 amide bonds. The summed E-state index contributed by atoms with van der Waals surface area (Å²) < 4.78 is 16.2. The molecule has 218 valence electrons. The molecular weight excluding hydrogens is 528 g/mol. The topological polar surface area (TPSA) is 191 Å². The van der Waals surface area contributed by atoms with Gasteiger partial charge in [-0.05, 0) is 38.5 Å². The van der Waals surface area contributed by atoms with Gasteiger partial charge in [0.05, 0.1) is 42.1 Å². The summed E-state index contributed by atoms with van der Waals surface area (Å²) in [5.74, 6) is -11.4. The fourth-order valence-corrected chi connectivity index (χ4v) is 5.15. The van der Waals surface area contributed by atoms with Crippen LogP contribution in [0.4, 0.5) is 0 Å². The summed E-state index contributed by atoms with van der Waals surface area (Å²) in [5, 5.41) is 28.3. The Balaban J connectivity index is 1.65. The minimum atomic E-state index is -1.15. The third-order valence-corrected chi connectivity index (χ3v) is 7.54. The molecule has 0 fully saturated rings. The molecule has 3 aliphatic rings. The summed E-state index contributed by atoms with van der Waals surface area (Å²) in [7, 11) is 0. The van der Waals surface area contributed by atoms with Gasteiger partial charge in [0.1, 0.15) is 12.7 Å². The highest BCUT2D eigenvalue weighted by Crippen LogP contribution is 2.30. The Bertz CT molecular complexity index is 1070. The molecule has 0 saturated carbocycles. The first-order valence-corrected chi connectivity index (χ1v) is 13.3. The Labute approximate surface area is 230 Å². The van der Waals surface area contributed by atoms with Gasteiger partial charge in [0, 0.05) is 6.42 Å². The maximum atomic E-state index is 12.9. The highest BCUT2D eigenvalue weighted by Gasteiger charge is 2.39. The van der Waals surface area contributed by atoms with Gasteiger partial charge < -0.3 is 29.5 Å². The van der Waals surface area contributed by atoms with Crippen LogP contribution >= 0.6 is 0 Å². The summed E-state index contributed by atoms with van der Waals surface area (Å²) in [6.07, 6.45) is 9.93. The largest absolute Gasteiger partial charge is 0.481 e. The van der Waals surface area contributed by atoms with Crippen molar-refractivity contribution in [2.24, 2.45) is 35.5 Å². The molecule has 0 aromatic heterocycles. The smallest absolute Gasteiger partial charge is 0.310 e. The average Bonchev–Trinajstić information content (AvgIpc) is 2.95. The van der Waals surface area contributed by atoms with Crippen molar-refractivity contribution in [3.63, 3.8) is 0 Å². The second-order valence-electron chi connectivity index (χ2n) is 10.1. The zero-order valence-corrected chi connectivity index (χ0v) is 21.9. The monoisotopic (exact) mass is 562 g/mol. The summed E-state index contributed by atoms with van der Waals surface area (Å²) in [6.45, 7) is -0.739. The van der Waals surface area contributed by atoms with Crippen LogP contribution in [0.3, 0.4) is 0 Å². The zero-order chi connectivity index (χ0) is 29.2. The molecule has 3 aliphatic carbocycles. The number of aliphatic carboxylic acids is 3. The van der Waals surface area contributed by atoms with Crippen LogP contribution in [0, 0.1) is 35.5 Å². The first kappa shape index (κ1) is 30.6. The van der Waals surface area contributed by atoms with E-state index >= 15 is 0 Å². The average molecular weight is 563 g/mol. The van der Waals surface area contributed by atoms with E-state index in [1.54, 1.807) is 36.5 Å². The van der Waals surface area contributed by atoms with E-state index in [-0.39, 0.29) is 51.6 Å². The Morgan fingerprint density at radius 3 is 1.30 bits per heavy atom. The maximum Gasteiger partial charge on any atom is 0.310 e. The number of rotatable bonds is 12. The predicted octanol–water partition coefficient (Wildman–Crippen LogP) is 2.38. The van der Waals surface area contributed by atoms with E-state index in [2.05, 4.69) is 0 Å². The zero-order valence-electron chi connectivity index (χ0n) is 21.9. The number of allylic oxidation sites excluding steroid dienone is 6. The Hall–Kier alpha value is -3.96. The minimum absolute atomic E-state index is 0.113. The first-order chi connectivity index (χ1) is 19.1. The molecule has 0 bridgehead atoms. The summed E-state index contributed by atoms with van der Waals surface area (Å²) in [6, 6.07) is 0. The number of carbonyl (C=O) groups excluding carboxylic acids is 3. The molecule has 3 N–H and O–H groups in total. The van der Waals surface area contributed by atoms with Gasteiger partial charge in [0.25, 0.3) is 0 Å². The van der Waals surface area contributed by atoms with E-state index in [1.165, 1.54) is 0 Å². The van der Waals surface area contributed by atoms with Crippen LogP contribution in [0.5, 0.6) is 0 Å². The lowest BCUT2D eigenvalue weighted by atomic mass is 9.83. The number of ether oxygens (including phenoxy) is 3. The molecule has 7 unspecified atom stereocenters. The number of hydrogen-bond donors (Lipinski definition) is 3. The number of hydrogen-bond acceptors (Lipinski definition) is 9. The maximum absolute atomic E-state index is 12.9. The van der Waals surface area contributed by atoms with Crippen LogP contribution in [-0.2, 0) is 43.0 Å². The van der Waals surface area contributed by atoms with Crippen LogP contribution in [0.2, 0.25) is 0 Å². The minimum Gasteiger partial charge on any atom is -0.481 e. The van der Waals surface area contributed by atoms with Crippen LogP contribution in [0.25, 0.3) is 0 Å². The quantitative estimate of drug-likeness (QED) is 0.179. The number of esters is 3. The molecule has 0 aromatic rings. The van der Waals surface area contributed by atoms with E-state index in [4.69, 9.17) is 14.2 Å². The van der Waals surface area contributed by atoms with Gasteiger partial charge >= 0.3 is 35.8 Å². The Morgan fingerprint density at radius 1 is 0.550 bits per heavy atom. The van der Waals surface area contributed by atoms with Crippen molar-refractivity contribution in [3.05, 3.63) is 36.5 Å². The second kappa shape index (κ2) is 14.4. The van der Waals surface area contributed by atoms with E-state index in [0.717, 1.165) is 0 Å². The third-order valence-electron chi connectivity index (χ3n) is 7.54. The SMILES string of the molecule is O=C(O)C1CC=CCC1C(=O)OCCC(COC(=O)C1CC=CCC1C(=O)O)OC(=O)C1CC=CCC1C(=O)O. The molecular formula is C28H34O12. The van der Waals surface area contributed by atoms with E-state index < -0.39 is 84.0 Å². The van der Waals surface area contributed by atoms with Crippen LogP contribution < -0.4 is 0 Å². The van der Waals surface area contributed by atoms with Crippen molar-refractivity contribution in [3.8, 4) is 0 Å². The molecule has 0 aromatic carbocycles. The lowest BCUT2D eigenvalue weighted by molar-refractivity contribution is -0.171. The highest BCUT2D eigenvalue weighted by atomic mass is 16.6. The van der Waals surface area contributed by atoms with Crippen molar-refractivity contribution in [2.75, 3.05) is 13.2 Å². The fourth-order valence-electron chi connectivity index (χ4n) is 5.15. The van der Waals surface area contributed by atoms with Gasteiger partial charge in [-0.25, -0.2) is 0 Å². The molecule has 3 rings (SSSR count). The predicted molar refractivity (Wildman–Crippen MR) is 135 cm³/mol. The summed E-state index contributed by atoms with van der Waals surface area (Å²) in [5.41, 5.74) is 0. The van der Waals surface area contributed by atoms with E-state index in [1.807, 2.05) is 0 Å². The second-order valence-corrected chi connectivity index (χ2v) is 10.1. The van der Waals surface area contributed by atoms with Gasteiger partial charge in [0.2, 0.25) is 0 Å². The Kier molecular flexibility index (Phi) is 11.0. The van der Waals surface area contributed by atoms with Crippen molar-refractivity contribution >= 4 is 35.8 Å². The van der Waals surface area contributed by atoms with Crippen molar-refractivity contribution in [1.82, 2.24) is 0 Å². The van der Waals surface area contributed by atoms with Gasteiger partial charge in [0.15, 0.2) is 0 Å². The molecule has 12 heteroatoms. The van der Waals surface area contributed by atoms with Crippen molar-refractivity contribution < 1.29 is 58.3 Å². The third kappa shape index (κ3) is 8.03. The van der Waals surface area contributed by atoms with Crippen LogP contribution in [-0.4, -0.2) is 70.5 Å². The van der Waals surface area contributed by atoms with Gasteiger partial charge in [-0.15, -0.1) is 0 Å². The molecule has 40 heavy (non-hydrogen) atoms. The molecule has 0 radical (unpaired) electrons.